The van der Waals surface area contributed by atoms with E-state index in [1.165, 1.54) is 22.3 Å². The first kappa shape index (κ1) is 13.0. The van der Waals surface area contributed by atoms with Crippen molar-refractivity contribution >= 4 is 43.7 Å². The molecule has 0 spiro atoms. The summed E-state index contributed by atoms with van der Waals surface area (Å²) in [5.74, 6) is 0. The number of nitro benzene ring substituents is 1. The molecule has 0 atom stereocenters. The SMILES string of the molecule is CN(Cc1cccs1)c1nc2ccc([N+](=O)[O-])cc2s1. The van der Waals surface area contributed by atoms with Crippen LogP contribution in [0.3, 0.4) is 0 Å². The van der Waals surface area contributed by atoms with Crippen LogP contribution in [0, 0.1) is 10.1 Å². The van der Waals surface area contributed by atoms with Gasteiger partial charge in [0.25, 0.3) is 5.69 Å². The van der Waals surface area contributed by atoms with Gasteiger partial charge in [0, 0.05) is 24.1 Å². The lowest BCUT2D eigenvalue weighted by atomic mass is 10.3. The number of thiazole rings is 1. The van der Waals surface area contributed by atoms with Gasteiger partial charge >= 0.3 is 0 Å². The molecular formula is C13H11N3O2S2. The monoisotopic (exact) mass is 305 g/mol. The van der Waals surface area contributed by atoms with E-state index in [1.54, 1.807) is 23.5 Å². The third-order valence-electron chi connectivity index (χ3n) is 2.87. The minimum absolute atomic E-state index is 0.105. The highest BCUT2D eigenvalue weighted by atomic mass is 32.1. The molecular weight excluding hydrogens is 294 g/mol. The van der Waals surface area contributed by atoms with E-state index in [9.17, 15) is 10.1 Å². The minimum atomic E-state index is -0.381. The minimum Gasteiger partial charge on any atom is -0.346 e. The number of hydrogen-bond donors (Lipinski definition) is 0. The molecule has 0 radical (unpaired) electrons. The first-order chi connectivity index (χ1) is 9.63. The highest BCUT2D eigenvalue weighted by Crippen LogP contribution is 2.31. The zero-order valence-corrected chi connectivity index (χ0v) is 12.3. The summed E-state index contributed by atoms with van der Waals surface area (Å²) in [6, 6.07) is 8.88. The summed E-state index contributed by atoms with van der Waals surface area (Å²) in [7, 11) is 1.98. The van der Waals surface area contributed by atoms with Crippen LogP contribution in [0.1, 0.15) is 4.88 Å². The molecule has 0 unspecified atom stereocenters. The Morgan fingerprint density at radius 1 is 1.40 bits per heavy atom. The van der Waals surface area contributed by atoms with E-state index >= 15 is 0 Å². The molecule has 3 rings (SSSR count). The number of rotatable bonds is 4. The van der Waals surface area contributed by atoms with Crippen molar-refractivity contribution in [1.29, 1.82) is 0 Å². The summed E-state index contributed by atoms with van der Waals surface area (Å²) in [6.07, 6.45) is 0. The van der Waals surface area contributed by atoms with Gasteiger partial charge in [-0.05, 0) is 17.5 Å². The molecule has 2 aromatic heterocycles. The number of nitro groups is 1. The molecule has 0 N–H and O–H groups in total. The van der Waals surface area contributed by atoms with Crippen LogP contribution in [0.2, 0.25) is 0 Å². The van der Waals surface area contributed by atoms with Crippen molar-refractivity contribution in [3.8, 4) is 0 Å². The Hall–Kier alpha value is -1.99. The summed E-state index contributed by atoms with van der Waals surface area (Å²) in [4.78, 5) is 18.2. The molecule has 0 saturated carbocycles. The maximum absolute atomic E-state index is 10.8. The van der Waals surface area contributed by atoms with Gasteiger partial charge in [0.15, 0.2) is 5.13 Å². The Morgan fingerprint density at radius 2 is 2.25 bits per heavy atom. The zero-order chi connectivity index (χ0) is 14.1. The van der Waals surface area contributed by atoms with Crippen molar-refractivity contribution in [2.75, 3.05) is 11.9 Å². The third-order valence-corrected chi connectivity index (χ3v) is 4.86. The Morgan fingerprint density at radius 3 is 2.95 bits per heavy atom. The van der Waals surface area contributed by atoms with Crippen molar-refractivity contribution in [2.45, 2.75) is 6.54 Å². The molecule has 0 aliphatic rings. The number of fused-ring (bicyclic) bond motifs is 1. The largest absolute Gasteiger partial charge is 0.346 e. The molecule has 0 saturated heterocycles. The van der Waals surface area contributed by atoms with E-state index in [0.29, 0.717) is 0 Å². The number of nitrogens with zero attached hydrogens (tertiary/aromatic N) is 3. The van der Waals surface area contributed by atoms with Gasteiger partial charge in [-0.3, -0.25) is 10.1 Å². The number of benzene rings is 1. The molecule has 5 nitrogen and oxygen atoms in total. The normalized spacial score (nSPS) is 10.8. The molecule has 0 bridgehead atoms. The van der Waals surface area contributed by atoms with Gasteiger partial charge in [-0.15, -0.1) is 11.3 Å². The van der Waals surface area contributed by atoms with E-state index in [0.717, 1.165) is 21.9 Å². The summed E-state index contributed by atoms with van der Waals surface area (Å²) >= 11 is 3.18. The first-order valence-electron chi connectivity index (χ1n) is 5.92. The lowest BCUT2D eigenvalue weighted by molar-refractivity contribution is -0.384. The molecule has 0 fully saturated rings. The van der Waals surface area contributed by atoms with Gasteiger partial charge in [0.1, 0.15) is 0 Å². The lowest BCUT2D eigenvalue weighted by Gasteiger charge is -2.13. The molecule has 102 valence electrons. The van der Waals surface area contributed by atoms with Crippen molar-refractivity contribution in [3.63, 3.8) is 0 Å². The molecule has 2 heterocycles. The third kappa shape index (κ3) is 2.50. The van der Waals surface area contributed by atoms with Crippen LogP contribution in [-0.2, 0) is 6.54 Å². The second kappa shape index (κ2) is 5.18. The van der Waals surface area contributed by atoms with Gasteiger partial charge in [0.05, 0.1) is 21.7 Å². The second-order valence-electron chi connectivity index (χ2n) is 4.34. The van der Waals surface area contributed by atoms with Crippen LogP contribution >= 0.6 is 22.7 Å². The van der Waals surface area contributed by atoms with Gasteiger partial charge < -0.3 is 4.90 Å². The molecule has 3 aromatic rings. The number of anilines is 1. The molecule has 20 heavy (non-hydrogen) atoms. The summed E-state index contributed by atoms with van der Waals surface area (Å²) < 4.78 is 0.840. The quantitative estimate of drug-likeness (QED) is 0.542. The number of non-ortho nitro benzene ring substituents is 1. The fraction of sp³-hybridized carbons (Fsp3) is 0.154. The highest BCUT2D eigenvalue weighted by Gasteiger charge is 2.12. The number of thiophene rings is 1. The fourth-order valence-corrected chi connectivity index (χ4v) is 3.60. The molecule has 0 aliphatic heterocycles. The molecule has 0 aliphatic carbocycles. The summed E-state index contributed by atoms with van der Waals surface area (Å²) in [5, 5.41) is 13.7. The maximum Gasteiger partial charge on any atom is 0.270 e. The molecule has 0 amide bonds. The topological polar surface area (TPSA) is 59.3 Å². The van der Waals surface area contributed by atoms with Crippen LogP contribution in [0.4, 0.5) is 10.8 Å². The summed E-state index contributed by atoms with van der Waals surface area (Å²) in [5.41, 5.74) is 0.905. The van der Waals surface area contributed by atoms with Gasteiger partial charge in [0.2, 0.25) is 0 Å². The van der Waals surface area contributed by atoms with Gasteiger partial charge in [-0.1, -0.05) is 17.4 Å². The van der Waals surface area contributed by atoms with E-state index in [1.807, 2.05) is 18.5 Å². The van der Waals surface area contributed by atoms with E-state index in [-0.39, 0.29) is 10.6 Å². The van der Waals surface area contributed by atoms with Crippen molar-refractivity contribution in [3.05, 3.63) is 50.7 Å². The molecule has 7 heteroatoms. The Labute approximate surface area is 123 Å². The Balaban J connectivity index is 1.90. The number of aromatic nitrogens is 1. The van der Waals surface area contributed by atoms with Crippen LogP contribution in [0.25, 0.3) is 10.2 Å². The standard InChI is InChI=1S/C13H11N3O2S2/c1-15(8-10-3-2-6-19-10)13-14-11-5-4-9(16(17)18)7-12(11)20-13/h2-7H,8H2,1H3. The second-order valence-corrected chi connectivity index (χ2v) is 6.38. The first-order valence-corrected chi connectivity index (χ1v) is 7.61. The predicted octanol–water partition coefficient (Wildman–Crippen LogP) is 3.90. The van der Waals surface area contributed by atoms with Crippen molar-refractivity contribution in [2.24, 2.45) is 0 Å². The maximum atomic E-state index is 10.8. The average molecular weight is 305 g/mol. The van der Waals surface area contributed by atoms with Gasteiger partial charge in [-0.2, -0.15) is 0 Å². The van der Waals surface area contributed by atoms with Crippen molar-refractivity contribution < 1.29 is 4.92 Å². The lowest BCUT2D eigenvalue weighted by Crippen LogP contribution is -2.14. The smallest absolute Gasteiger partial charge is 0.270 e. The average Bonchev–Trinajstić information content (AvgIpc) is 3.05. The Kier molecular flexibility index (Phi) is 3.37. The Bertz CT molecular complexity index is 752. The van der Waals surface area contributed by atoms with Crippen LogP contribution in [0.15, 0.2) is 35.7 Å². The van der Waals surface area contributed by atoms with E-state index in [4.69, 9.17) is 0 Å². The van der Waals surface area contributed by atoms with E-state index < -0.39 is 0 Å². The zero-order valence-electron chi connectivity index (χ0n) is 10.6. The van der Waals surface area contributed by atoms with Crippen LogP contribution < -0.4 is 4.90 Å². The predicted molar refractivity (Wildman–Crippen MR) is 82.7 cm³/mol. The fourth-order valence-electron chi connectivity index (χ4n) is 1.88. The van der Waals surface area contributed by atoms with Gasteiger partial charge in [-0.25, -0.2) is 4.98 Å². The van der Waals surface area contributed by atoms with Crippen LogP contribution in [0.5, 0.6) is 0 Å². The highest BCUT2D eigenvalue weighted by molar-refractivity contribution is 7.22. The van der Waals surface area contributed by atoms with Crippen molar-refractivity contribution in [1.82, 2.24) is 4.98 Å². The van der Waals surface area contributed by atoms with E-state index in [2.05, 4.69) is 16.0 Å². The number of hydrogen-bond acceptors (Lipinski definition) is 6. The molecule has 1 aromatic carbocycles. The van der Waals surface area contributed by atoms with Crippen LogP contribution in [-0.4, -0.2) is 17.0 Å². The summed E-state index contributed by atoms with van der Waals surface area (Å²) in [6.45, 7) is 0.791.